The minimum Gasteiger partial charge on any atom is -0.491 e. The smallest absolute Gasteiger partial charge is 0.488 e. The average molecular weight is 198 g/mol. The fourth-order valence-electron chi connectivity index (χ4n) is 1.21. The summed E-state index contributed by atoms with van der Waals surface area (Å²) in [6, 6.07) is 2.53. The molecule has 0 fully saturated rings. The van der Waals surface area contributed by atoms with Gasteiger partial charge in [-0.05, 0) is 37.0 Å². The molecule has 0 aliphatic heterocycles. The normalized spacial score (nSPS) is 10.1. The quantitative estimate of drug-likeness (QED) is 0.682. The Morgan fingerprint density at radius 3 is 2.57 bits per heavy atom. The van der Waals surface area contributed by atoms with Crippen molar-refractivity contribution in [2.24, 2.45) is 0 Å². The van der Waals surface area contributed by atoms with E-state index in [-0.39, 0.29) is 11.2 Å². The molecule has 2 N–H and O–H groups in total. The van der Waals surface area contributed by atoms with Gasteiger partial charge in [0.25, 0.3) is 0 Å². The topological polar surface area (TPSA) is 49.7 Å². The van der Waals surface area contributed by atoms with Crippen LogP contribution in [0.2, 0.25) is 0 Å². The Morgan fingerprint density at radius 1 is 1.43 bits per heavy atom. The monoisotopic (exact) mass is 198 g/mol. The first-order valence-electron chi connectivity index (χ1n) is 4.35. The molecule has 0 aromatic heterocycles. The molecule has 0 amide bonds. The van der Waals surface area contributed by atoms with Crippen LogP contribution in [0.25, 0.3) is 0 Å². The molecule has 0 saturated heterocycles. The molecular formula is C9H12BFO3. The lowest BCUT2D eigenvalue weighted by Gasteiger charge is -2.09. The molecule has 1 aromatic carbocycles. The van der Waals surface area contributed by atoms with E-state index in [0.29, 0.717) is 12.2 Å². The predicted octanol–water partition coefficient (Wildman–Crippen LogP) is 0.213. The fourth-order valence-corrected chi connectivity index (χ4v) is 1.21. The summed E-state index contributed by atoms with van der Waals surface area (Å²) in [5, 5.41) is 17.8. The second-order valence-electron chi connectivity index (χ2n) is 2.95. The van der Waals surface area contributed by atoms with Gasteiger partial charge in [0.05, 0.1) is 6.61 Å². The van der Waals surface area contributed by atoms with Crippen molar-refractivity contribution in [3.8, 4) is 5.75 Å². The molecule has 76 valence electrons. The number of hydrogen-bond acceptors (Lipinski definition) is 3. The lowest BCUT2D eigenvalue weighted by Crippen LogP contribution is -2.32. The Hall–Kier alpha value is -1.07. The fraction of sp³-hybridized carbons (Fsp3) is 0.333. The zero-order chi connectivity index (χ0) is 10.7. The van der Waals surface area contributed by atoms with Crippen LogP contribution in [0.15, 0.2) is 12.1 Å². The molecule has 0 radical (unpaired) electrons. The highest BCUT2D eigenvalue weighted by Crippen LogP contribution is 2.17. The lowest BCUT2D eigenvalue weighted by atomic mass is 9.77. The Labute approximate surface area is 82.3 Å². The van der Waals surface area contributed by atoms with Crippen LogP contribution in [-0.4, -0.2) is 23.8 Å². The summed E-state index contributed by atoms with van der Waals surface area (Å²) in [5.41, 5.74) is 0.746. The van der Waals surface area contributed by atoms with Crippen molar-refractivity contribution in [2.45, 2.75) is 13.8 Å². The molecule has 5 heteroatoms. The molecule has 0 unspecified atom stereocenters. The van der Waals surface area contributed by atoms with Crippen molar-refractivity contribution in [1.29, 1.82) is 0 Å². The van der Waals surface area contributed by atoms with Crippen LogP contribution >= 0.6 is 0 Å². The zero-order valence-electron chi connectivity index (χ0n) is 8.12. The molecule has 0 saturated carbocycles. The molecule has 0 atom stereocenters. The second kappa shape index (κ2) is 4.44. The maximum absolute atomic E-state index is 13.2. The van der Waals surface area contributed by atoms with Crippen LogP contribution < -0.4 is 10.2 Å². The van der Waals surface area contributed by atoms with E-state index in [4.69, 9.17) is 14.8 Å². The van der Waals surface area contributed by atoms with Crippen molar-refractivity contribution in [3.05, 3.63) is 23.5 Å². The number of aryl methyl sites for hydroxylation is 1. The molecule has 1 aromatic rings. The Balaban J connectivity index is 3.10. The van der Waals surface area contributed by atoms with E-state index in [9.17, 15) is 4.39 Å². The lowest BCUT2D eigenvalue weighted by molar-refractivity contribution is 0.321. The van der Waals surface area contributed by atoms with Gasteiger partial charge in [0, 0.05) is 0 Å². The van der Waals surface area contributed by atoms with E-state index in [1.807, 2.05) is 0 Å². The van der Waals surface area contributed by atoms with Crippen LogP contribution in [0.4, 0.5) is 4.39 Å². The van der Waals surface area contributed by atoms with Gasteiger partial charge in [-0.15, -0.1) is 0 Å². The average Bonchev–Trinajstić information content (AvgIpc) is 2.10. The summed E-state index contributed by atoms with van der Waals surface area (Å²) in [6.45, 7) is 3.79. The molecule has 1 rings (SSSR count). The molecule has 3 nitrogen and oxygen atoms in total. The second-order valence-corrected chi connectivity index (χ2v) is 2.95. The summed E-state index contributed by atoms with van der Waals surface area (Å²) in [4.78, 5) is 0. The molecule has 0 spiro atoms. The van der Waals surface area contributed by atoms with Gasteiger partial charge in [0.2, 0.25) is 0 Å². The van der Waals surface area contributed by atoms with Gasteiger partial charge in [-0.2, -0.15) is 0 Å². The highest BCUT2D eigenvalue weighted by atomic mass is 19.1. The van der Waals surface area contributed by atoms with Crippen molar-refractivity contribution >= 4 is 12.6 Å². The largest absolute Gasteiger partial charge is 0.491 e. The van der Waals surface area contributed by atoms with E-state index in [1.54, 1.807) is 13.8 Å². The molecule has 0 aliphatic carbocycles. The third kappa shape index (κ3) is 2.24. The van der Waals surface area contributed by atoms with Crippen molar-refractivity contribution in [2.75, 3.05) is 6.61 Å². The summed E-state index contributed by atoms with van der Waals surface area (Å²) >= 11 is 0. The minimum atomic E-state index is -1.65. The maximum atomic E-state index is 13.2. The first kappa shape index (κ1) is 11.0. The van der Waals surface area contributed by atoms with Crippen LogP contribution in [-0.2, 0) is 0 Å². The van der Waals surface area contributed by atoms with Crippen LogP contribution in [0, 0.1) is 12.7 Å². The van der Waals surface area contributed by atoms with Gasteiger partial charge in [-0.1, -0.05) is 0 Å². The Bertz CT molecular complexity index is 328. The number of ether oxygens (including phenoxy) is 1. The standard InChI is InChI=1S/C9H12BFO3/c1-3-14-9-4-6(2)7(10(12)13)5-8(9)11/h4-5,12-13H,3H2,1-2H3. The summed E-state index contributed by atoms with van der Waals surface area (Å²) in [7, 11) is -1.65. The van der Waals surface area contributed by atoms with Crippen LogP contribution in [0.3, 0.4) is 0 Å². The Kier molecular flexibility index (Phi) is 3.49. The van der Waals surface area contributed by atoms with Gasteiger partial charge in [-0.25, -0.2) is 4.39 Å². The first-order chi connectivity index (χ1) is 6.56. The molecule has 0 aliphatic rings. The van der Waals surface area contributed by atoms with Crippen LogP contribution in [0.5, 0.6) is 5.75 Å². The van der Waals surface area contributed by atoms with Crippen molar-refractivity contribution in [3.63, 3.8) is 0 Å². The van der Waals surface area contributed by atoms with Gasteiger partial charge in [-0.3, -0.25) is 0 Å². The maximum Gasteiger partial charge on any atom is 0.488 e. The summed E-state index contributed by atoms with van der Waals surface area (Å²) in [5.74, 6) is -0.449. The molecular weight excluding hydrogens is 186 g/mol. The van der Waals surface area contributed by atoms with Gasteiger partial charge < -0.3 is 14.8 Å². The number of rotatable bonds is 3. The van der Waals surface area contributed by atoms with Crippen molar-refractivity contribution < 1.29 is 19.2 Å². The predicted molar refractivity (Wildman–Crippen MR) is 52.1 cm³/mol. The van der Waals surface area contributed by atoms with E-state index in [0.717, 1.165) is 6.07 Å². The third-order valence-electron chi connectivity index (χ3n) is 1.90. The van der Waals surface area contributed by atoms with Crippen LogP contribution in [0.1, 0.15) is 12.5 Å². The highest BCUT2D eigenvalue weighted by molar-refractivity contribution is 6.59. The first-order valence-corrected chi connectivity index (χ1v) is 4.35. The van der Waals surface area contributed by atoms with E-state index in [2.05, 4.69) is 0 Å². The van der Waals surface area contributed by atoms with Gasteiger partial charge in [0.15, 0.2) is 11.6 Å². The van der Waals surface area contributed by atoms with E-state index in [1.165, 1.54) is 6.07 Å². The Morgan fingerprint density at radius 2 is 2.07 bits per heavy atom. The molecule has 14 heavy (non-hydrogen) atoms. The highest BCUT2D eigenvalue weighted by Gasteiger charge is 2.17. The summed E-state index contributed by atoms with van der Waals surface area (Å²) < 4.78 is 18.2. The van der Waals surface area contributed by atoms with Crippen molar-refractivity contribution in [1.82, 2.24) is 0 Å². The zero-order valence-corrected chi connectivity index (χ0v) is 8.12. The molecule has 0 heterocycles. The summed E-state index contributed by atoms with van der Waals surface area (Å²) in [6.07, 6.45) is 0. The third-order valence-corrected chi connectivity index (χ3v) is 1.90. The van der Waals surface area contributed by atoms with E-state index < -0.39 is 12.9 Å². The van der Waals surface area contributed by atoms with E-state index >= 15 is 0 Å². The molecule has 0 bridgehead atoms. The number of halogens is 1. The number of benzene rings is 1. The van der Waals surface area contributed by atoms with Gasteiger partial charge in [0.1, 0.15) is 0 Å². The minimum absolute atomic E-state index is 0.134. The number of hydrogen-bond donors (Lipinski definition) is 2. The van der Waals surface area contributed by atoms with Gasteiger partial charge >= 0.3 is 7.12 Å². The SMILES string of the molecule is CCOc1cc(C)c(B(O)O)cc1F.